The highest BCUT2D eigenvalue weighted by Gasteiger charge is 2.01. The lowest BCUT2D eigenvalue weighted by molar-refractivity contribution is 0.653. The molecule has 0 unspecified atom stereocenters. The molecule has 3 heteroatoms. The molecular weight excluding hydrogens is 188 g/mol. The average molecular weight is 202 g/mol. The predicted octanol–water partition coefficient (Wildman–Crippen LogP) is 1.79. The zero-order chi connectivity index (χ0) is 10.7. The summed E-state index contributed by atoms with van der Waals surface area (Å²) in [4.78, 5) is 11.5. The molecule has 1 aromatic carbocycles. The minimum absolute atomic E-state index is 0.0377. The Morgan fingerprint density at radius 3 is 2.60 bits per heavy atom. The van der Waals surface area contributed by atoms with Gasteiger partial charge in [0.1, 0.15) is 0 Å². The molecule has 0 atom stereocenters. The van der Waals surface area contributed by atoms with Crippen LogP contribution in [0.3, 0.4) is 0 Å². The summed E-state index contributed by atoms with van der Waals surface area (Å²) in [6.45, 7) is 2.64. The van der Waals surface area contributed by atoms with Crippen molar-refractivity contribution >= 4 is 0 Å². The number of H-pyrrole nitrogens is 1. The summed E-state index contributed by atoms with van der Waals surface area (Å²) in [5, 5.41) is 3.08. The van der Waals surface area contributed by atoms with Crippen molar-refractivity contribution in [3.8, 4) is 0 Å². The van der Waals surface area contributed by atoms with Gasteiger partial charge in [0.2, 0.25) is 0 Å². The molecule has 1 heterocycles. The SMILES string of the molecule is CCc1cc(=O)n(Cc2ccccc2)[nH]1. The number of nitrogens with zero attached hydrogens (tertiary/aromatic N) is 1. The normalized spacial score (nSPS) is 10.5. The third kappa shape index (κ3) is 2.18. The van der Waals surface area contributed by atoms with Gasteiger partial charge in [-0.3, -0.25) is 9.89 Å². The lowest BCUT2D eigenvalue weighted by Gasteiger charge is -2.01. The average Bonchev–Trinajstić information content (AvgIpc) is 2.61. The topological polar surface area (TPSA) is 37.8 Å². The molecule has 15 heavy (non-hydrogen) atoms. The number of aromatic nitrogens is 2. The van der Waals surface area contributed by atoms with Gasteiger partial charge in [0.15, 0.2) is 0 Å². The monoisotopic (exact) mass is 202 g/mol. The molecular formula is C12H14N2O. The minimum atomic E-state index is 0.0377. The van der Waals surface area contributed by atoms with Gasteiger partial charge in [0, 0.05) is 11.8 Å². The zero-order valence-electron chi connectivity index (χ0n) is 8.73. The van der Waals surface area contributed by atoms with Crippen LogP contribution in [-0.4, -0.2) is 9.78 Å². The molecule has 1 N–H and O–H groups in total. The van der Waals surface area contributed by atoms with Crippen molar-refractivity contribution in [3.63, 3.8) is 0 Å². The fourth-order valence-electron chi connectivity index (χ4n) is 1.55. The van der Waals surface area contributed by atoms with E-state index in [9.17, 15) is 4.79 Å². The molecule has 0 spiro atoms. The molecule has 2 aromatic rings. The highest BCUT2D eigenvalue weighted by Crippen LogP contribution is 2.00. The van der Waals surface area contributed by atoms with E-state index in [-0.39, 0.29) is 5.56 Å². The second-order valence-electron chi connectivity index (χ2n) is 3.54. The molecule has 0 radical (unpaired) electrons. The van der Waals surface area contributed by atoms with Crippen molar-refractivity contribution in [2.75, 3.05) is 0 Å². The molecule has 2 rings (SSSR count). The minimum Gasteiger partial charge on any atom is -0.299 e. The highest BCUT2D eigenvalue weighted by molar-refractivity contribution is 5.15. The summed E-state index contributed by atoms with van der Waals surface area (Å²) in [7, 11) is 0. The maximum Gasteiger partial charge on any atom is 0.267 e. The van der Waals surface area contributed by atoms with Gasteiger partial charge in [0.05, 0.1) is 6.54 Å². The second kappa shape index (κ2) is 4.17. The molecule has 0 saturated heterocycles. The third-order valence-electron chi connectivity index (χ3n) is 2.41. The second-order valence-corrected chi connectivity index (χ2v) is 3.54. The van der Waals surface area contributed by atoms with E-state index in [4.69, 9.17) is 0 Å². The van der Waals surface area contributed by atoms with Crippen LogP contribution < -0.4 is 5.56 Å². The molecule has 78 valence electrons. The van der Waals surface area contributed by atoms with Gasteiger partial charge in [-0.15, -0.1) is 0 Å². The van der Waals surface area contributed by atoms with Crippen LogP contribution in [0.5, 0.6) is 0 Å². The van der Waals surface area contributed by atoms with Gasteiger partial charge in [-0.2, -0.15) is 0 Å². The van der Waals surface area contributed by atoms with Crippen LogP contribution in [0.15, 0.2) is 41.2 Å². The van der Waals surface area contributed by atoms with Gasteiger partial charge >= 0.3 is 0 Å². The van der Waals surface area contributed by atoms with Crippen LogP contribution in [0, 0.1) is 0 Å². The Morgan fingerprint density at radius 1 is 1.27 bits per heavy atom. The Kier molecular flexibility index (Phi) is 2.72. The molecule has 0 saturated carbocycles. The number of hydrogen-bond donors (Lipinski definition) is 1. The molecule has 0 fully saturated rings. The van der Waals surface area contributed by atoms with E-state index >= 15 is 0 Å². The summed E-state index contributed by atoms with van der Waals surface area (Å²) in [5.74, 6) is 0. The van der Waals surface area contributed by atoms with Crippen LogP contribution in [0.1, 0.15) is 18.2 Å². The van der Waals surface area contributed by atoms with Crippen LogP contribution in [0.4, 0.5) is 0 Å². The fraction of sp³-hybridized carbons (Fsp3) is 0.250. The Hall–Kier alpha value is -1.77. The van der Waals surface area contributed by atoms with Crippen molar-refractivity contribution in [1.82, 2.24) is 9.78 Å². The van der Waals surface area contributed by atoms with Crippen molar-refractivity contribution < 1.29 is 0 Å². The molecule has 0 aliphatic rings. The lowest BCUT2D eigenvalue weighted by atomic mass is 10.2. The number of hydrogen-bond acceptors (Lipinski definition) is 1. The largest absolute Gasteiger partial charge is 0.299 e. The predicted molar refractivity (Wildman–Crippen MR) is 60.0 cm³/mol. The first-order chi connectivity index (χ1) is 7.29. The summed E-state index contributed by atoms with van der Waals surface area (Å²) in [5.41, 5.74) is 2.15. The van der Waals surface area contributed by atoms with Gasteiger partial charge in [-0.1, -0.05) is 37.3 Å². The summed E-state index contributed by atoms with van der Waals surface area (Å²) in [6, 6.07) is 11.6. The van der Waals surface area contributed by atoms with Crippen LogP contribution in [0.25, 0.3) is 0 Å². The molecule has 1 aromatic heterocycles. The Balaban J connectivity index is 2.25. The first kappa shape index (κ1) is 9.77. The van der Waals surface area contributed by atoms with Crippen LogP contribution >= 0.6 is 0 Å². The Labute approximate surface area is 88.4 Å². The van der Waals surface area contributed by atoms with Gasteiger partial charge < -0.3 is 0 Å². The smallest absolute Gasteiger partial charge is 0.267 e. The van der Waals surface area contributed by atoms with Crippen molar-refractivity contribution in [2.24, 2.45) is 0 Å². The van der Waals surface area contributed by atoms with E-state index in [2.05, 4.69) is 5.10 Å². The van der Waals surface area contributed by atoms with E-state index in [1.165, 1.54) is 0 Å². The summed E-state index contributed by atoms with van der Waals surface area (Å²) in [6.07, 6.45) is 0.858. The first-order valence-electron chi connectivity index (χ1n) is 5.12. The van der Waals surface area contributed by atoms with E-state index in [1.807, 2.05) is 37.3 Å². The number of aromatic amines is 1. The van der Waals surface area contributed by atoms with Crippen LogP contribution in [-0.2, 0) is 13.0 Å². The van der Waals surface area contributed by atoms with Crippen molar-refractivity contribution in [1.29, 1.82) is 0 Å². The molecule has 0 amide bonds. The zero-order valence-corrected chi connectivity index (χ0v) is 8.73. The summed E-state index contributed by atoms with van der Waals surface area (Å²) < 4.78 is 1.63. The van der Waals surface area contributed by atoms with E-state index in [0.29, 0.717) is 6.54 Å². The maximum absolute atomic E-state index is 11.5. The molecule has 0 bridgehead atoms. The van der Waals surface area contributed by atoms with Gasteiger partial charge in [-0.05, 0) is 12.0 Å². The van der Waals surface area contributed by atoms with Crippen LogP contribution in [0.2, 0.25) is 0 Å². The van der Waals surface area contributed by atoms with Crippen molar-refractivity contribution in [3.05, 3.63) is 58.0 Å². The molecule has 0 aliphatic carbocycles. The van der Waals surface area contributed by atoms with Gasteiger partial charge in [-0.25, -0.2) is 4.68 Å². The fourth-order valence-corrected chi connectivity index (χ4v) is 1.55. The van der Waals surface area contributed by atoms with E-state index in [1.54, 1.807) is 10.7 Å². The molecule has 0 aliphatic heterocycles. The number of nitrogens with one attached hydrogen (secondary N) is 1. The number of aryl methyl sites for hydroxylation is 1. The number of rotatable bonds is 3. The van der Waals surface area contributed by atoms with Gasteiger partial charge in [0.25, 0.3) is 5.56 Å². The highest BCUT2D eigenvalue weighted by atomic mass is 16.1. The number of benzene rings is 1. The summed E-state index contributed by atoms with van der Waals surface area (Å²) >= 11 is 0. The van der Waals surface area contributed by atoms with E-state index in [0.717, 1.165) is 17.7 Å². The standard InChI is InChI=1S/C12H14N2O/c1-2-11-8-12(15)14(13-11)9-10-6-4-3-5-7-10/h3-8,13H,2,9H2,1H3. The lowest BCUT2D eigenvalue weighted by Crippen LogP contribution is -2.16. The van der Waals surface area contributed by atoms with E-state index < -0.39 is 0 Å². The van der Waals surface area contributed by atoms with Crippen molar-refractivity contribution in [2.45, 2.75) is 19.9 Å². The Morgan fingerprint density at radius 2 is 2.00 bits per heavy atom. The quantitative estimate of drug-likeness (QED) is 0.809. The third-order valence-corrected chi connectivity index (χ3v) is 2.41. The molecule has 3 nitrogen and oxygen atoms in total. The Bertz CT molecular complexity index is 482. The first-order valence-corrected chi connectivity index (χ1v) is 5.12. The maximum atomic E-state index is 11.5.